The highest BCUT2D eigenvalue weighted by Gasteiger charge is 2.64. The van der Waals surface area contributed by atoms with Crippen LogP contribution in [0.15, 0.2) is 12.7 Å². The van der Waals surface area contributed by atoms with Crippen LogP contribution in [-0.4, -0.2) is 0 Å². The second-order valence-electron chi connectivity index (χ2n) is 9.99. The van der Waals surface area contributed by atoms with Crippen molar-refractivity contribution in [1.29, 1.82) is 0 Å². The van der Waals surface area contributed by atoms with Crippen LogP contribution in [0.5, 0.6) is 0 Å². The molecule has 4 aliphatic carbocycles. The predicted molar refractivity (Wildman–Crippen MR) is 94.6 cm³/mol. The van der Waals surface area contributed by atoms with Crippen LogP contribution in [0.2, 0.25) is 0 Å². The summed E-state index contributed by atoms with van der Waals surface area (Å²) in [7, 11) is 0. The van der Waals surface area contributed by atoms with E-state index in [0.717, 1.165) is 23.7 Å². The van der Waals surface area contributed by atoms with E-state index in [4.69, 9.17) is 0 Å². The summed E-state index contributed by atoms with van der Waals surface area (Å²) in [5.74, 6) is 3.80. The van der Waals surface area contributed by atoms with E-state index in [2.05, 4.69) is 33.4 Å². The van der Waals surface area contributed by atoms with Gasteiger partial charge in [-0.1, -0.05) is 39.7 Å². The third-order valence-electron chi connectivity index (χ3n) is 9.78. The van der Waals surface area contributed by atoms with Crippen LogP contribution in [0.25, 0.3) is 0 Å². The number of fused-ring (bicyclic) bond motifs is 5. The van der Waals surface area contributed by atoms with Gasteiger partial charge in [0.05, 0.1) is 0 Å². The minimum Gasteiger partial charge on any atom is -0.103 e. The van der Waals surface area contributed by atoms with Crippen LogP contribution in [0.4, 0.5) is 0 Å². The quantitative estimate of drug-likeness (QED) is 0.478. The molecule has 22 heavy (non-hydrogen) atoms. The summed E-state index contributed by atoms with van der Waals surface area (Å²) < 4.78 is 0. The van der Waals surface area contributed by atoms with Gasteiger partial charge in [-0.15, -0.1) is 6.58 Å². The molecule has 0 nitrogen and oxygen atoms in total. The Kier molecular flexibility index (Phi) is 3.38. The van der Waals surface area contributed by atoms with Crippen molar-refractivity contribution >= 4 is 0 Å². The first-order chi connectivity index (χ1) is 10.5. The first kappa shape index (κ1) is 15.3. The van der Waals surface area contributed by atoms with Gasteiger partial charge in [0.25, 0.3) is 0 Å². The summed E-state index contributed by atoms with van der Waals surface area (Å²) in [4.78, 5) is 0. The summed E-state index contributed by atoms with van der Waals surface area (Å²) >= 11 is 0. The van der Waals surface area contributed by atoms with E-state index in [1.54, 1.807) is 0 Å². The number of allylic oxidation sites excluding steroid dienone is 1. The smallest absolute Gasteiger partial charge is 0.0179 e. The standard InChI is InChI=1S/C22H36/c1-5-16-9-11-18-19-12-10-17-8-6-7-13-21(17,3)22(19,4)15-14-20(16,18)2/h5,16-19H,1,6-15H2,2-4H3/t16-,17?,18-,19-,20+,21-,22-/m0/s1. The zero-order chi connectivity index (χ0) is 15.6. The zero-order valence-corrected chi connectivity index (χ0v) is 15.2. The van der Waals surface area contributed by atoms with E-state index in [-0.39, 0.29) is 0 Å². The Bertz CT molecular complexity index is 465. The van der Waals surface area contributed by atoms with Gasteiger partial charge in [-0.2, -0.15) is 0 Å². The first-order valence-electron chi connectivity index (χ1n) is 10.1. The lowest BCUT2D eigenvalue weighted by Gasteiger charge is -2.66. The van der Waals surface area contributed by atoms with Gasteiger partial charge >= 0.3 is 0 Å². The molecular formula is C22H36. The monoisotopic (exact) mass is 300 g/mol. The van der Waals surface area contributed by atoms with E-state index in [1.807, 2.05) is 0 Å². The van der Waals surface area contributed by atoms with Gasteiger partial charge in [0.1, 0.15) is 0 Å². The van der Waals surface area contributed by atoms with Crippen LogP contribution in [0.1, 0.15) is 85.0 Å². The topological polar surface area (TPSA) is 0 Å². The first-order valence-corrected chi connectivity index (χ1v) is 10.1. The molecule has 0 heterocycles. The van der Waals surface area contributed by atoms with Gasteiger partial charge in [0, 0.05) is 0 Å². The number of hydrogen-bond donors (Lipinski definition) is 0. The van der Waals surface area contributed by atoms with Crippen molar-refractivity contribution in [2.24, 2.45) is 39.9 Å². The van der Waals surface area contributed by atoms with E-state index < -0.39 is 0 Å². The highest BCUT2D eigenvalue weighted by molar-refractivity contribution is 5.15. The fraction of sp³-hybridized carbons (Fsp3) is 0.909. The average molecular weight is 301 g/mol. The highest BCUT2D eigenvalue weighted by atomic mass is 14.7. The third-order valence-corrected chi connectivity index (χ3v) is 9.78. The fourth-order valence-electron chi connectivity index (χ4n) is 8.10. The molecule has 0 aromatic rings. The van der Waals surface area contributed by atoms with Gasteiger partial charge in [-0.3, -0.25) is 0 Å². The summed E-state index contributed by atoms with van der Waals surface area (Å²) in [6.45, 7) is 12.2. The Morgan fingerprint density at radius 1 is 0.773 bits per heavy atom. The number of hydrogen-bond acceptors (Lipinski definition) is 0. The molecule has 4 aliphatic rings. The lowest BCUT2D eigenvalue weighted by atomic mass is 9.38. The second-order valence-corrected chi connectivity index (χ2v) is 9.99. The lowest BCUT2D eigenvalue weighted by molar-refractivity contribution is -0.172. The second kappa shape index (κ2) is 4.87. The zero-order valence-electron chi connectivity index (χ0n) is 15.2. The van der Waals surface area contributed by atoms with Crippen LogP contribution in [-0.2, 0) is 0 Å². The third kappa shape index (κ3) is 1.71. The Hall–Kier alpha value is -0.260. The Morgan fingerprint density at radius 3 is 2.32 bits per heavy atom. The largest absolute Gasteiger partial charge is 0.103 e. The molecule has 0 saturated heterocycles. The van der Waals surface area contributed by atoms with Gasteiger partial charge in [0.2, 0.25) is 0 Å². The van der Waals surface area contributed by atoms with E-state index >= 15 is 0 Å². The molecule has 0 aliphatic heterocycles. The molecule has 0 radical (unpaired) electrons. The molecule has 0 heteroatoms. The van der Waals surface area contributed by atoms with Crippen molar-refractivity contribution in [3.63, 3.8) is 0 Å². The van der Waals surface area contributed by atoms with Crippen molar-refractivity contribution in [3.05, 3.63) is 12.7 Å². The van der Waals surface area contributed by atoms with E-state index in [1.165, 1.54) is 64.2 Å². The van der Waals surface area contributed by atoms with Crippen LogP contribution >= 0.6 is 0 Å². The van der Waals surface area contributed by atoms with E-state index in [0.29, 0.717) is 16.2 Å². The maximum atomic E-state index is 4.18. The molecule has 7 atom stereocenters. The van der Waals surface area contributed by atoms with Crippen LogP contribution in [0, 0.1) is 39.9 Å². The lowest BCUT2D eigenvalue weighted by Crippen LogP contribution is -2.58. The Labute approximate surface area is 138 Å². The Morgan fingerprint density at radius 2 is 1.55 bits per heavy atom. The van der Waals surface area contributed by atoms with Crippen molar-refractivity contribution < 1.29 is 0 Å². The van der Waals surface area contributed by atoms with Crippen molar-refractivity contribution in [3.8, 4) is 0 Å². The van der Waals surface area contributed by atoms with Crippen LogP contribution < -0.4 is 0 Å². The van der Waals surface area contributed by atoms with Crippen molar-refractivity contribution in [2.75, 3.05) is 0 Å². The molecule has 4 rings (SSSR count). The Balaban J connectivity index is 1.71. The molecule has 4 saturated carbocycles. The van der Waals surface area contributed by atoms with Crippen molar-refractivity contribution in [2.45, 2.75) is 85.0 Å². The summed E-state index contributed by atoms with van der Waals surface area (Å²) in [5, 5.41) is 0. The summed E-state index contributed by atoms with van der Waals surface area (Å²) in [6.07, 6.45) is 17.2. The molecule has 4 fully saturated rings. The average Bonchev–Trinajstić information content (AvgIpc) is 2.84. The molecule has 0 spiro atoms. The number of rotatable bonds is 1. The molecule has 0 bridgehead atoms. The maximum Gasteiger partial charge on any atom is -0.0179 e. The molecule has 1 unspecified atom stereocenters. The fourth-order valence-corrected chi connectivity index (χ4v) is 8.10. The van der Waals surface area contributed by atoms with E-state index in [9.17, 15) is 0 Å². The predicted octanol–water partition coefficient (Wildman–Crippen LogP) is 6.61. The summed E-state index contributed by atoms with van der Waals surface area (Å²) in [6, 6.07) is 0. The minimum absolute atomic E-state index is 0.573. The minimum atomic E-state index is 0.573. The molecule has 0 N–H and O–H groups in total. The highest BCUT2D eigenvalue weighted by Crippen LogP contribution is 2.72. The maximum absolute atomic E-state index is 4.18. The molecular weight excluding hydrogens is 264 g/mol. The molecule has 0 aromatic carbocycles. The van der Waals surface area contributed by atoms with Gasteiger partial charge in [0.15, 0.2) is 0 Å². The molecule has 0 amide bonds. The summed E-state index contributed by atoms with van der Waals surface area (Å²) in [5.41, 5.74) is 1.84. The van der Waals surface area contributed by atoms with Gasteiger partial charge in [-0.25, -0.2) is 0 Å². The molecule has 124 valence electrons. The van der Waals surface area contributed by atoms with Gasteiger partial charge in [-0.05, 0) is 91.3 Å². The van der Waals surface area contributed by atoms with Gasteiger partial charge < -0.3 is 0 Å². The SMILES string of the molecule is C=C[C@H]1CC[C@H]2[C@@H]3CCC4CCCC[C@]4(C)[C@@]3(C)CC[C@]12C. The van der Waals surface area contributed by atoms with Crippen LogP contribution in [0.3, 0.4) is 0 Å². The van der Waals surface area contributed by atoms with Crippen molar-refractivity contribution in [1.82, 2.24) is 0 Å². The molecule has 0 aromatic heterocycles. The normalized spacial score (nSPS) is 57.6.